The number of aromatic carboxylic acids is 1. The minimum Gasteiger partial charge on any atom is -0.491 e. The van der Waals surface area contributed by atoms with Crippen LogP contribution < -0.4 is 16.3 Å². The highest BCUT2D eigenvalue weighted by atomic mass is 16.5. The van der Waals surface area contributed by atoms with Crippen molar-refractivity contribution < 1.29 is 19.4 Å². The Kier molecular flexibility index (Phi) is 7.13. The van der Waals surface area contributed by atoms with E-state index in [4.69, 9.17) is 16.3 Å². The number of allylic oxidation sites excluding steroid dienone is 1. The van der Waals surface area contributed by atoms with Crippen molar-refractivity contribution in [1.29, 1.82) is 0 Å². The van der Waals surface area contributed by atoms with E-state index in [9.17, 15) is 14.7 Å². The van der Waals surface area contributed by atoms with Gasteiger partial charge in [0, 0.05) is 48.5 Å². The molecule has 1 aliphatic heterocycles. The van der Waals surface area contributed by atoms with Crippen molar-refractivity contribution in [1.82, 2.24) is 19.7 Å². The lowest BCUT2D eigenvalue weighted by molar-refractivity contribution is 0.0693. The van der Waals surface area contributed by atoms with Crippen molar-refractivity contribution in [2.45, 2.75) is 18.9 Å². The summed E-state index contributed by atoms with van der Waals surface area (Å²) in [5.74, 6) is 5.32. The van der Waals surface area contributed by atoms with Crippen LogP contribution in [0.1, 0.15) is 44.3 Å². The molecular weight excluding hydrogens is 532 g/mol. The average Bonchev–Trinajstić information content (AvgIpc) is 3.71. The van der Waals surface area contributed by atoms with Crippen LogP contribution in [0.5, 0.6) is 5.75 Å². The van der Waals surface area contributed by atoms with Crippen LogP contribution in [0, 0.1) is 5.92 Å². The van der Waals surface area contributed by atoms with Gasteiger partial charge in [-0.2, -0.15) is 5.10 Å². The quantitative estimate of drug-likeness (QED) is 0.226. The van der Waals surface area contributed by atoms with Crippen LogP contribution in [-0.2, 0) is 6.54 Å². The Balaban J connectivity index is 1.29. The monoisotopic (exact) mass is 564 g/mol. The van der Waals surface area contributed by atoms with Gasteiger partial charge in [-0.05, 0) is 47.9 Å². The van der Waals surface area contributed by atoms with Gasteiger partial charge in [0.15, 0.2) is 0 Å². The van der Waals surface area contributed by atoms with Gasteiger partial charge in [-0.3, -0.25) is 4.79 Å². The van der Waals surface area contributed by atoms with Gasteiger partial charge in [0.25, 0.3) is 5.91 Å². The van der Waals surface area contributed by atoms with Crippen LogP contribution in [0.25, 0.3) is 16.8 Å². The van der Waals surface area contributed by atoms with Crippen LogP contribution >= 0.6 is 0 Å². The molecule has 1 aromatic heterocycles. The Morgan fingerprint density at radius 2 is 1.83 bits per heavy atom. The smallest absolute Gasteiger partial charge is 0.339 e. The molecule has 214 valence electrons. The number of hydrogen-bond acceptors (Lipinski definition) is 7. The minimum atomic E-state index is -1.04. The molecule has 42 heavy (non-hydrogen) atoms. The number of amides is 1. The maximum Gasteiger partial charge on any atom is 0.339 e. The number of carboxylic acid groups (broad SMARTS) is 1. The van der Waals surface area contributed by atoms with Crippen LogP contribution in [0.2, 0.25) is 0 Å². The summed E-state index contributed by atoms with van der Waals surface area (Å²) >= 11 is 0. The molecule has 2 aliphatic rings. The molecule has 1 saturated carbocycles. The van der Waals surface area contributed by atoms with Crippen molar-refractivity contribution >= 4 is 11.9 Å². The summed E-state index contributed by atoms with van der Waals surface area (Å²) < 4.78 is 7.52. The number of nitrogens with zero attached hydrogens (tertiary/aromatic N) is 4. The molecule has 1 fully saturated rings. The molecule has 4 aromatic rings. The lowest BCUT2D eigenvalue weighted by Gasteiger charge is -2.20. The van der Waals surface area contributed by atoms with Crippen molar-refractivity contribution in [3.05, 3.63) is 113 Å². The number of nitrogens with two attached hydrogens (primary N) is 2. The van der Waals surface area contributed by atoms with Gasteiger partial charge in [0.2, 0.25) is 0 Å². The van der Waals surface area contributed by atoms with Gasteiger partial charge in [0.1, 0.15) is 17.9 Å². The summed E-state index contributed by atoms with van der Waals surface area (Å²) in [6, 6.07) is 23.0. The molecule has 2 heterocycles. The standard InChI is InChI=1S/C32H32N6O4/c1-36(34)19-28(33)25-16-26(25)30-27(32(40)41)17-35-38(30)24-10-5-8-21(15-24)20-7-4-9-22(14-20)31(39)37-12-13-42-29-11-3-2-6-23(29)18-37/h2-11,14-15,17,19,25-26H,12-13,16,18,33-34H2,1H3,(H,40,41)/b28-19-/t25?,26-/m1/s1. The molecule has 3 aromatic carbocycles. The first-order valence-corrected chi connectivity index (χ1v) is 13.8. The summed E-state index contributed by atoms with van der Waals surface area (Å²) in [7, 11) is 1.69. The summed E-state index contributed by atoms with van der Waals surface area (Å²) in [5, 5.41) is 15.7. The van der Waals surface area contributed by atoms with Crippen molar-refractivity contribution in [3.8, 4) is 22.6 Å². The summed E-state index contributed by atoms with van der Waals surface area (Å²) in [5.41, 5.74) is 11.6. The van der Waals surface area contributed by atoms with Crippen LogP contribution in [0.15, 0.2) is 90.9 Å². The van der Waals surface area contributed by atoms with E-state index in [0.29, 0.717) is 43.1 Å². The number of rotatable bonds is 7. The molecule has 0 bridgehead atoms. The number of hydrogen-bond donors (Lipinski definition) is 3. The van der Waals surface area contributed by atoms with Crippen LogP contribution in [-0.4, -0.2) is 56.9 Å². The zero-order valence-corrected chi connectivity index (χ0v) is 23.2. The SMILES string of the molecule is CN(N)/C=C(\N)C1C[C@H]1c1c(C(=O)O)cnn1-c1cccc(-c2cccc(C(=O)N3CCOc4ccccc4C3)c2)c1. The number of benzene rings is 3. The molecule has 10 nitrogen and oxygen atoms in total. The zero-order valence-electron chi connectivity index (χ0n) is 23.2. The Labute approximate surface area is 243 Å². The minimum absolute atomic E-state index is 0.0215. The fourth-order valence-electron chi connectivity index (χ4n) is 5.61. The number of ether oxygens (including phenoxy) is 1. The second-order valence-corrected chi connectivity index (χ2v) is 10.7. The van der Waals surface area contributed by atoms with Crippen LogP contribution in [0.4, 0.5) is 0 Å². The first-order chi connectivity index (χ1) is 20.3. The zero-order chi connectivity index (χ0) is 29.4. The molecule has 6 rings (SSSR count). The Morgan fingerprint density at radius 1 is 1.07 bits per heavy atom. The van der Waals surface area contributed by atoms with E-state index in [0.717, 1.165) is 28.1 Å². The number of fused-ring (bicyclic) bond motifs is 1. The molecule has 0 saturated heterocycles. The van der Waals surface area contributed by atoms with E-state index >= 15 is 0 Å². The number of para-hydroxylation sites is 1. The van der Waals surface area contributed by atoms with Crippen molar-refractivity contribution in [2.75, 3.05) is 20.2 Å². The Bertz CT molecular complexity index is 1690. The maximum atomic E-state index is 13.6. The van der Waals surface area contributed by atoms with E-state index in [1.165, 1.54) is 11.2 Å². The predicted molar refractivity (Wildman–Crippen MR) is 158 cm³/mol. The molecule has 2 atom stereocenters. The van der Waals surface area contributed by atoms with E-state index in [2.05, 4.69) is 5.10 Å². The fourth-order valence-corrected chi connectivity index (χ4v) is 5.61. The first kappa shape index (κ1) is 27.1. The van der Waals surface area contributed by atoms with Crippen LogP contribution in [0.3, 0.4) is 0 Å². The fraction of sp³-hybridized carbons (Fsp3) is 0.219. The number of carbonyl (C=O) groups excluding carboxylic acids is 1. The van der Waals surface area contributed by atoms with Crippen molar-refractivity contribution in [2.24, 2.45) is 17.5 Å². The molecule has 5 N–H and O–H groups in total. The molecule has 0 radical (unpaired) electrons. The van der Waals surface area contributed by atoms with E-state index in [-0.39, 0.29) is 23.3 Å². The summed E-state index contributed by atoms with van der Waals surface area (Å²) in [6.07, 6.45) is 3.74. The number of carboxylic acids is 1. The highest BCUT2D eigenvalue weighted by molar-refractivity contribution is 5.95. The van der Waals surface area contributed by atoms with E-state index in [1.54, 1.807) is 22.8 Å². The van der Waals surface area contributed by atoms with Gasteiger partial charge in [-0.15, -0.1) is 0 Å². The molecule has 1 aliphatic carbocycles. The number of carbonyl (C=O) groups is 2. The third kappa shape index (κ3) is 5.31. The largest absolute Gasteiger partial charge is 0.491 e. The van der Waals surface area contributed by atoms with E-state index in [1.807, 2.05) is 72.8 Å². The molecule has 1 unspecified atom stereocenters. The Hall–Kier alpha value is -5.09. The first-order valence-electron chi connectivity index (χ1n) is 13.8. The Morgan fingerprint density at radius 3 is 2.62 bits per heavy atom. The molecule has 1 amide bonds. The third-order valence-corrected chi connectivity index (χ3v) is 7.73. The van der Waals surface area contributed by atoms with Gasteiger partial charge in [0.05, 0.1) is 24.1 Å². The second-order valence-electron chi connectivity index (χ2n) is 10.7. The summed E-state index contributed by atoms with van der Waals surface area (Å²) in [4.78, 5) is 27.5. The van der Waals surface area contributed by atoms with E-state index < -0.39 is 5.97 Å². The number of hydrazine groups is 1. The van der Waals surface area contributed by atoms with Gasteiger partial charge >= 0.3 is 5.97 Å². The maximum absolute atomic E-state index is 13.6. The third-order valence-electron chi connectivity index (χ3n) is 7.73. The lowest BCUT2D eigenvalue weighted by Crippen LogP contribution is -2.32. The molecule has 10 heteroatoms. The van der Waals surface area contributed by atoms with Gasteiger partial charge < -0.3 is 25.5 Å². The van der Waals surface area contributed by atoms with Crippen molar-refractivity contribution in [3.63, 3.8) is 0 Å². The topological polar surface area (TPSA) is 140 Å². The van der Waals surface area contributed by atoms with Gasteiger partial charge in [-0.25, -0.2) is 15.3 Å². The normalized spacial score (nSPS) is 18.0. The summed E-state index contributed by atoms with van der Waals surface area (Å²) in [6.45, 7) is 1.40. The average molecular weight is 565 g/mol. The lowest BCUT2D eigenvalue weighted by atomic mass is 10.0. The second kappa shape index (κ2) is 11.1. The highest BCUT2D eigenvalue weighted by Gasteiger charge is 2.45. The predicted octanol–water partition coefficient (Wildman–Crippen LogP) is 3.98. The highest BCUT2D eigenvalue weighted by Crippen LogP contribution is 2.51. The van der Waals surface area contributed by atoms with Gasteiger partial charge in [-0.1, -0.05) is 42.5 Å². The number of aromatic nitrogens is 2. The molecule has 0 spiro atoms. The molecular formula is C32H32N6O4.